The van der Waals surface area contributed by atoms with Crippen LogP contribution in [0.2, 0.25) is 5.02 Å². The number of halogens is 1. The number of rotatable bonds is 6. The third kappa shape index (κ3) is 4.06. The molecule has 84 valence electrons. The third-order valence-corrected chi connectivity index (χ3v) is 2.42. The lowest BCUT2D eigenvalue weighted by Crippen LogP contribution is -2.00. The molecule has 1 rings (SSSR count). The summed E-state index contributed by atoms with van der Waals surface area (Å²) >= 11 is 5.80. The largest absolute Gasteiger partial charge is 0.478 e. The highest BCUT2D eigenvalue weighted by Crippen LogP contribution is 2.19. The second kappa shape index (κ2) is 6.64. The molecule has 1 N–H and O–H groups in total. The maximum atomic E-state index is 8.98. The highest BCUT2D eigenvalue weighted by molar-refractivity contribution is 6.31. The van der Waals surface area contributed by atoms with E-state index in [1.807, 2.05) is 0 Å². The van der Waals surface area contributed by atoms with Gasteiger partial charge < -0.3 is 9.84 Å². The number of ether oxygens (including phenoxy) is 1. The average molecular weight is 230 g/mol. The van der Waals surface area contributed by atoms with Crippen LogP contribution < -0.4 is 4.74 Å². The third-order valence-electron chi connectivity index (χ3n) is 2.08. The van der Waals surface area contributed by atoms with Crippen molar-refractivity contribution in [3.63, 3.8) is 0 Å². The molecule has 0 saturated carbocycles. The smallest absolute Gasteiger partial charge is 0.213 e. The van der Waals surface area contributed by atoms with Gasteiger partial charge in [0.2, 0.25) is 5.88 Å². The topological polar surface area (TPSA) is 42.4 Å². The Balaban J connectivity index is 2.47. The van der Waals surface area contributed by atoms with Crippen molar-refractivity contribution >= 4 is 11.6 Å². The summed E-state index contributed by atoms with van der Waals surface area (Å²) in [4.78, 5) is 4.02. The first-order chi connectivity index (χ1) is 7.27. The van der Waals surface area contributed by atoms with Crippen molar-refractivity contribution in [2.24, 2.45) is 0 Å². The summed E-state index contributed by atoms with van der Waals surface area (Å²) in [6.07, 6.45) is 4.84. The summed E-state index contributed by atoms with van der Waals surface area (Å²) in [5.74, 6) is 0.527. The summed E-state index contributed by atoms with van der Waals surface area (Å²) in [7, 11) is 0. The maximum Gasteiger partial charge on any atom is 0.213 e. The molecule has 0 fully saturated rings. The molecule has 0 bridgehead atoms. The van der Waals surface area contributed by atoms with Gasteiger partial charge in [0, 0.05) is 17.8 Å². The van der Waals surface area contributed by atoms with E-state index in [4.69, 9.17) is 21.4 Å². The minimum atomic E-state index is -0.0906. The molecule has 0 aromatic carbocycles. The van der Waals surface area contributed by atoms with Crippen LogP contribution in [0.5, 0.6) is 5.88 Å². The van der Waals surface area contributed by atoms with Gasteiger partial charge in [-0.3, -0.25) is 0 Å². The summed E-state index contributed by atoms with van der Waals surface area (Å²) in [6, 6.07) is 1.67. The number of aliphatic hydroxyl groups is 1. The van der Waals surface area contributed by atoms with Crippen molar-refractivity contribution in [2.75, 3.05) is 6.61 Å². The van der Waals surface area contributed by atoms with Crippen molar-refractivity contribution in [3.8, 4) is 5.88 Å². The van der Waals surface area contributed by atoms with Crippen LogP contribution in [0.3, 0.4) is 0 Å². The lowest BCUT2D eigenvalue weighted by molar-refractivity contribution is 0.275. The fourth-order valence-electron chi connectivity index (χ4n) is 1.19. The lowest BCUT2D eigenvalue weighted by atomic mass is 10.2. The minimum Gasteiger partial charge on any atom is -0.478 e. The van der Waals surface area contributed by atoms with Crippen LogP contribution in [0.15, 0.2) is 12.3 Å². The van der Waals surface area contributed by atoms with Gasteiger partial charge in [-0.1, -0.05) is 31.4 Å². The average Bonchev–Trinajstić information content (AvgIpc) is 2.26. The highest BCUT2D eigenvalue weighted by Gasteiger charge is 2.02. The van der Waals surface area contributed by atoms with E-state index in [-0.39, 0.29) is 6.61 Å². The zero-order valence-electron chi connectivity index (χ0n) is 8.87. The highest BCUT2D eigenvalue weighted by atomic mass is 35.5. The zero-order chi connectivity index (χ0) is 11.1. The number of hydrogen-bond acceptors (Lipinski definition) is 3. The number of unbranched alkanes of at least 4 members (excludes halogenated alkanes) is 2. The van der Waals surface area contributed by atoms with Gasteiger partial charge >= 0.3 is 0 Å². The van der Waals surface area contributed by atoms with Crippen LogP contribution in [0.4, 0.5) is 0 Å². The van der Waals surface area contributed by atoms with Gasteiger partial charge in [-0.25, -0.2) is 4.98 Å². The Morgan fingerprint density at radius 3 is 2.93 bits per heavy atom. The normalized spacial score (nSPS) is 10.3. The second-order valence-corrected chi connectivity index (χ2v) is 3.73. The Hall–Kier alpha value is -0.800. The molecular weight excluding hydrogens is 214 g/mol. The molecule has 3 nitrogen and oxygen atoms in total. The van der Waals surface area contributed by atoms with Gasteiger partial charge in [-0.05, 0) is 6.42 Å². The molecule has 0 aliphatic heterocycles. The van der Waals surface area contributed by atoms with E-state index in [1.165, 1.54) is 12.6 Å². The van der Waals surface area contributed by atoms with Crippen molar-refractivity contribution in [1.29, 1.82) is 0 Å². The van der Waals surface area contributed by atoms with Crippen molar-refractivity contribution in [2.45, 2.75) is 32.8 Å². The van der Waals surface area contributed by atoms with Crippen LogP contribution in [0, 0.1) is 0 Å². The molecule has 1 aromatic rings. The SMILES string of the molecule is CCCCCOc1cc(CO)c(Cl)cn1. The molecule has 0 unspecified atom stereocenters. The van der Waals surface area contributed by atoms with Gasteiger partial charge in [-0.2, -0.15) is 0 Å². The molecule has 15 heavy (non-hydrogen) atoms. The van der Waals surface area contributed by atoms with Gasteiger partial charge in [0.15, 0.2) is 0 Å². The Morgan fingerprint density at radius 1 is 1.47 bits per heavy atom. The van der Waals surface area contributed by atoms with E-state index in [0.29, 0.717) is 23.1 Å². The number of aromatic nitrogens is 1. The molecule has 4 heteroatoms. The molecule has 0 radical (unpaired) electrons. The molecule has 1 aromatic heterocycles. The van der Waals surface area contributed by atoms with Crippen LogP contribution in [-0.4, -0.2) is 16.7 Å². The second-order valence-electron chi connectivity index (χ2n) is 3.33. The molecule has 0 aliphatic rings. The summed E-state index contributed by atoms with van der Waals surface area (Å²) in [5.41, 5.74) is 0.650. The van der Waals surface area contributed by atoms with E-state index >= 15 is 0 Å². The predicted molar refractivity (Wildman–Crippen MR) is 60.2 cm³/mol. The molecular formula is C11H16ClNO2. The van der Waals surface area contributed by atoms with E-state index in [2.05, 4.69) is 11.9 Å². The Kier molecular flexibility index (Phi) is 5.43. The van der Waals surface area contributed by atoms with Crippen molar-refractivity contribution < 1.29 is 9.84 Å². The van der Waals surface area contributed by atoms with Crippen LogP contribution in [0.25, 0.3) is 0 Å². The van der Waals surface area contributed by atoms with E-state index in [9.17, 15) is 0 Å². The minimum absolute atomic E-state index is 0.0906. The van der Waals surface area contributed by atoms with Crippen LogP contribution >= 0.6 is 11.6 Å². The van der Waals surface area contributed by atoms with E-state index in [0.717, 1.165) is 12.8 Å². The summed E-state index contributed by atoms with van der Waals surface area (Å²) in [5, 5.41) is 9.46. The zero-order valence-corrected chi connectivity index (χ0v) is 9.63. The standard InChI is InChI=1S/C11H16ClNO2/c1-2-3-4-5-15-11-6-9(8-14)10(12)7-13-11/h6-7,14H,2-5,8H2,1H3. The maximum absolute atomic E-state index is 8.98. The van der Waals surface area contributed by atoms with E-state index < -0.39 is 0 Å². The Labute approximate surface area is 95.1 Å². The number of aliphatic hydroxyl groups excluding tert-OH is 1. The molecule has 0 atom stereocenters. The number of hydrogen-bond donors (Lipinski definition) is 1. The quantitative estimate of drug-likeness (QED) is 0.763. The van der Waals surface area contributed by atoms with Crippen molar-refractivity contribution in [3.05, 3.63) is 22.8 Å². The number of nitrogens with zero attached hydrogens (tertiary/aromatic N) is 1. The first-order valence-electron chi connectivity index (χ1n) is 5.16. The molecule has 1 heterocycles. The van der Waals surface area contributed by atoms with Gasteiger partial charge in [0.05, 0.1) is 18.2 Å². The van der Waals surface area contributed by atoms with Crippen molar-refractivity contribution in [1.82, 2.24) is 4.98 Å². The molecule has 0 spiro atoms. The fourth-order valence-corrected chi connectivity index (χ4v) is 1.35. The Bertz CT molecular complexity index is 305. The number of pyridine rings is 1. The molecule has 0 amide bonds. The fraction of sp³-hybridized carbons (Fsp3) is 0.545. The first kappa shape index (κ1) is 12.3. The van der Waals surface area contributed by atoms with Crippen LogP contribution in [0.1, 0.15) is 31.7 Å². The molecule has 0 saturated heterocycles. The van der Waals surface area contributed by atoms with Gasteiger partial charge in [-0.15, -0.1) is 0 Å². The first-order valence-corrected chi connectivity index (χ1v) is 5.53. The monoisotopic (exact) mass is 229 g/mol. The van der Waals surface area contributed by atoms with Gasteiger partial charge in [0.25, 0.3) is 0 Å². The van der Waals surface area contributed by atoms with E-state index in [1.54, 1.807) is 6.07 Å². The summed E-state index contributed by atoms with van der Waals surface area (Å²) in [6.45, 7) is 2.71. The van der Waals surface area contributed by atoms with Gasteiger partial charge in [0.1, 0.15) is 0 Å². The van der Waals surface area contributed by atoms with Crippen LogP contribution in [-0.2, 0) is 6.61 Å². The Morgan fingerprint density at radius 2 is 2.27 bits per heavy atom. The lowest BCUT2D eigenvalue weighted by Gasteiger charge is -2.06. The summed E-state index contributed by atoms with van der Waals surface area (Å²) < 4.78 is 5.42. The molecule has 0 aliphatic carbocycles. The predicted octanol–water partition coefficient (Wildman–Crippen LogP) is 2.80.